The number of esters is 1. The van der Waals surface area contributed by atoms with E-state index in [0.717, 1.165) is 0 Å². The van der Waals surface area contributed by atoms with Crippen LogP contribution in [0.5, 0.6) is 0 Å². The average molecular weight is 149 g/mol. The number of rotatable bonds is 0. The fourth-order valence-corrected chi connectivity index (χ4v) is 1.31. The average Bonchev–Trinajstić information content (AvgIpc) is 1.79. The summed E-state index contributed by atoms with van der Waals surface area (Å²) >= 11 is 5.57. The molecule has 0 aromatic heterocycles. The van der Waals surface area contributed by atoms with E-state index in [1.54, 1.807) is 0 Å². The van der Waals surface area contributed by atoms with Gasteiger partial charge < -0.3 is 4.74 Å². The van der Waals surface area contributed by atoms with Crippen molar-refractivity contribution in [2.75, 3.05) is 0 Å². The van der Waals surface area contributed by atoms with Crippen molar-refractivity contribution in [2.24, 2.45) is 0 Å². The fourth-order valence-electron chi connectivity index (χ4n) is 0.893. The highest BCUT2D eigenvalue weighted by molar-refractivity contribution is 6.30. The van der Waals surface area contributed by atoms with Crippen molar-refractivity contribution in [3.8, 4) is 0 Å². The van der Waals surface area contributed by atoms with Crippen LogP contribution >= 0.6 is 11.6 Å². The first-order valence-electron chi connectivity index (χ1n) is 2.88. The molecule has 1 rings (SSSR count). The molecule has 0 unspecified atom stereocenters. The summed E-state index contributed by atoms with van der Waals surface area (Å²) in [6.45, 7) is 3.71. The summed E-state index contributed by atoms with van der Waals surface area (Å²) < 4.78 is 4.89. The lowest BCUT2D eigenvalue weighted by Crippen LogP contribution is -2.17. The Bertz CT molecular complexity index is 142. The smallest absolute Gasteiger partial charge is 0.324 e. The van der Waals surface area contributed by atoms with Gasteiger partial charge in [0.1, 0.15) is 11.0 Å². The Balaban J connectivity index is 2.65. The molecule has 9 heavy (non-hydrogen) atoms. The van der Waals surface area contributed by atoms with Crippen molar-refractivity contribution < 1.29 is 9.53 Å². The number of carbonyl (C=O) groups is 1. The second-order valence-corrected chi connectivity index (χ2v) is 3.38. The van der Waals surface area contributed by atoms with E-state index in [1.165, 1.54) is 0 Å². The minimum Gasteiger partial charge on any atom is -0.458 e. The van der Waals surface area contributed by atoms with E-state index in [4.69, 9.17) is 16.3 Å². The third kappa shape index (κ3) is 1.36. The fraction of sp³-hybridized carbons (Fsp3) is 0.833. The molecule has 52 valence electrons. The summed E-state index contributed by atoms with van der Waals surface area (Å²) in [7, 11) is 0. The lowest BCUT2D eigenvalue weighted by molar-refractivity contribution is -0.145. The van der Waals surface area contributed by atoms with Gasteiger partial charge >= 0.3 is 5.97 Å². The maximum absolute atomic E-state index is 10.6. The Hall–Kier alpha value is -0.240. The van der Waals surface area contributed by atoms with E-state index in [0.29, 0.717) is 6.42 Å². The van der Waals surface area contributed by atoms with Crippen LogP contribution in [0.3, 0.4) is 0 Å². The number of alkyl halides is 1. The van der Waals surface area contributed by atoms with Crippen LogP contribution in [0.2, 0.25) is 0 Å². The van der Waals surface area contributed by atoms with Crippen molar-refractivity contribution in [2.45, 2.75) is 31.2 Å². The predicted octanol–water partition coefficient (Wildman–Crippen LogP) is 1.32. The quantitative estimate of drug-likeness (QED) is 0.383. The monoisotopic (exact) mass is 148 g/mol. The Morgan fingerprint density at radius 2 is 2.33 bits per heavy atom. The second kappa shape index (κ2) is 1.87. The van der Waals surface area contributed by atoms with Gasteiger partial charge in [-0.1, -0.05) is 0 Å². The molecule has 1 saturated heterocycles. The molecule has 2 nitrogen and oxygen atoms in total. The molecule has 1 aliphatic rings. The number of hydrogen-bond donors (Lipinski definition) is 0. The zero-order valence-electron chi connectivity index (χ0n) is 5.48. The topological polar surface area (TPSA) is 26.3 Å². The van der Waals surface area contributed by atoms with Gasteiger partial charge in [0, 0.05) is 6.42 Å². The van der Waals surface area contributed by atoms with Gasteiger partial charge in [-0.25, -0.2) is 0 Å². The first-order chi connectivity index (χ1) is 4.01. The summed E-state index contributed by atoms with van der Waals surface area (Å²) in [4.78, 5) is 10.6. The number of halogens is 1. The number of hydrogen-bond acceptors (Lipinski definition) is 2. The molecule has 0 saturated carbocycles. The molecule has 1 heterocycles. The van der Waals surface area contributed by atoms with Gasteiger partial charge in [-0.15, -0.1) is 11.6 Å². The largest absolute Gasteiger partial charge is 0.458 e. The van der Waals surface area contributed by atoms with Crippen molar-refractivity contribution in [3.05, 3.63) is 0 Å². The summed E-state index contributed by atoms with van der Waals surface area (Å²) in [5.74, 6) is -0.290. The molecular weight excluding hydrogens is 140 g/mol. The Labute approximate surface area is 59.1 Å². The molecule has 0 N–H and O–H groups in total. The zero-order chi connectivity index (χ0) is 7.07. The van der Waals surface area contributed by atoms with Gasteiger partial charge in [0.2, 0.25) is 0 Å². The van der Waals surface area contributed by atoms with E-state index in [1.807, 2.05) is 13.8 Å². The second-order valence-electron chi connectivity index (χ2n) is 2.85. The van der Waals surface area contributed by atoms with Gasteiger partial charge in [0.15, 0.2) is 0 Å². The van der Waals surface area contributed by atoms with Gasteiger partial charge in [0.25, 0.3) is 0 Å². The summed E-state index contributed by atoms with van der Waals surface area (Å²) in [6, 6.07) is 0. The lowest BCUT2D eigenvalue weighted by atomic mass is 10.1. The van der Waals surface area contributed by atoms with Crippen LogP contribution in [0.25, 0.3) is 0 Å². The number of cyclic esters (lactones) is 1. The Morgan fingerprint density at radius 3 is 2.44 bits per heavy atom. The molecule has 3 heteroatoms. The highest BCUT2D eigenvalue weighted by atomic mass is 35.5. The SMILES string of the molecule is CC1(C)C[C@H](Cl)C(=O)O1. The minimum absolute atomic E-state index is 0.290. The minimum atomic E-state index is -0.431. The molecule has 0 aliphatic carbocycles. The molecule has 0 aromatic rings. The maximum Gasteiger partial charge on any atom is 0.324 e. The van der Waals surface area contributed by atoms with Crippen molar-refractivity contribution in [3.63, 3.8) is 0 Å². The normalized spacial score (nSPS) is 32.3. The molecule has 0 amide bonds. The standard InChI is InChI=1S/C6H9ClO2/c1-6(2)3-4(7)5(8)9-6/h4H,3H2,1-2H3/t4-/m0/s1. The zero-order valence-corrected chi connectivity index (χ0v) is 6.23. The van der Waals surface area contributed by atoms with E-state index in [2.05, 4.69) is 0 Å². The van der Waals surface area contributed by atoms with E-state index >= 15 is 0 Å². The van der Waals surface area contributed by atoms with Gasteiger partial charge in [-0.3, -0.25) is 4.79 Å². The predicted molar refractivity (Wildman–Crippen MR) is 34.4 cm³/mol. The van der Waals surface area contributed by atoms with Crippen LogP contribution in [0, 0.1) is 0 Å². The lowest BCUT2D eigenvalue weighted by Gasteiger charge is -2.13. The van der Waals surface area contributed by atoms with E-state index < -0.39 is 5.38 Å². The van der Waals surface area contributed by atoms with Crippen LogP contribution in [0.4, 0.5) is 0 Å². The van der Waals surface area contributed by atoms with Crippen LogP contribution in [-0.4, -0.2) is 16.9 Å². The van der Waals surface area contributed by atoms with Crippen LogP contribution in [-0.2, 0) is 9.53 Å². The van der Waals surface area contributed by atoms with E-state index in [9.17, 15) is 4.79 Å². The summed E-state index contributed by atoms with van der Waals surface area (Å²) in [5, 5.41) is -0.431. The molecule has 1 fully saturated rings. The van der Waals surface area contributed by atoms with Gasteiger partial charge in [-0.2, -0.15) is 0 Å². The molecule has 0 bridgehead atoms. The highest BCUT2D eigenvalue weighted by Gasteiger charge is 2.38. The van der Waals surface area contributed by atoms with Gasteiger partial charge in [-0.05, 0) is 13.8 Å². The summed E-state index contributed by atoms with van der Waals surface area (Å²) in [6.07, 6.45) is 0.618. The molecule has 0 spiro atoms. The van der Waals surface area contributed by atoms with Crippen molar-refractivity contribution in [1.82, 2.24) is 0 Å². The molecule has 0 aromatic carbocycles. The highest BCUT2D eigenvalue weighted by Crippen LogP contribution is 2.28. The third-order valence-electron chi connectivity index (χ3n) is 1.30. The number of carbonyl (C=O) groups excluding carboxylic acids is 1. The molecule has 0 radical (unpaired) electrons. The van der Waals surface area contributed by atoms with Gasteiger partial charge in [0.05, 0.1) is 0 Å². The van der Waals surface area contributed by atoms with Crippen molar-refractivity contribution in [1.29, 1.82) is 0 Å². The first kappa shape index (κ1) is 6.87. The molecule has 1 atom stereocenters. The maximum atomic E-state index is 10.6. The van der Waals surface area contributed by atoms with Crippen LogP contribution < -0.4 is 0 Å². The molecular formula is C6H9ClO2. The first-order valence-corrected chi connectivity index (χ1v) is 3.32. The Kier molecular flexibility index (Phi) is 1.43. The van der Waals surface area contributed by atoms with Crippen LogP contribution in [0.1, 0.15) is 20.3 Å². The van der Waals surface area contributed by atoms with Crippen LogP contribution in [0.15, 0.2) is 0 Å². The molecule has 1 aliphatic heterocycles. The third-order valence-corrected chi connectivity index (χ3v) is 1.64. The van der Waals surface area contributed by atoms with E-state index in [-0.39, 0.29) is 11.6 Å². The number of ether oxygens (including phenoxy) is 1. The summed E-state index contributed by atoms with van der Waals surface area (Å²) in [5.41, 5.74) is -0.344. The van der Waals surface area contributed by atoms with Crippen molar-refractivity contribution >= 4 is 17.6 Å². The Morgan fingerprint density at radius 1 is 1.78 bits per heavy atom.